The lowest BCUT2D eigenvalue weighted by atomic mass is 9.96. The Balaban J connectivity index is 1.45. The van der Waals surface area contributed by atoms with Crippen molar-refractivity contribution in [2.24, 2.45) is 0 Å². The third kappa shape index (κ3) is 2.93. The Morgan fingerprint density at radius 2 is 2.09 bits per heavy atom. The van der Waals surface area contributed by atoms with Gasteiger partial charge in [0.1, 0.15) is 10.8 Å². The molecule has 1 saturated heterocycles. The Morgan fingerprint density at radius 1 is 1.26 bits per heavy atom. The monoisotopic (exact) mass is 346 g/mol. The van der Waals surface area contributed by atoms with Gasteiger partial charge in [-0.2, -0.15) is 5.10 Å². The van der Waals surface area contributed by atoms with Gasteiger partial charge < -0.3 is 0 Å². The maximum atomic E-state index is 5.35. The highest BCUT2D eigenvalue weighted by atomic mass is 32.1. The number of likely N-dealkylation sites (tertiary alicyclic amines) is 1. The minimum atomic E-state index is 0.466. The van der Waals surface area contributed by atoms with Gasteiger partial charge in [-0.25, -0.2) is 4.68 Å². The van der Waals surface area contributed by atoms with E-state index in [1.54, 1.807) is 11.3 Å². The molecule has 0 aromatic carbocycles. The summed E-state index contributed by atoms with van der Waals surface area (Å²) in [6.07, 6.45) is 4.23. The van der Waals surface area contributed by atoms with Gasteiger partial charge in [0.05, 0.1) is 6.67 Å². The zero-order valence-corrected chi connectivity index (χ0v) is 14.6. The quantitative estimate of drug-likeness (QED) is 0.683. The first-order valence-electron chi connectivity index (χ1n) is 7.77. The van der Waals surface area contributed by atoms with Crippen molar-refractivity contribution in [2.45, 2.75) is 32.4 Å². The second kappa shape index (κ2) is 6.10. The van der Waals surface area contributed by atoms with Gasteiger partial charge in [0.25, 0.3) is 0 Å². The summed E-state index contributed by atoms with van der Waals surface area (Å²) in [6.45, 7) is 4.85. The molecule has 1 aliphatic rings. The average molecular weight is 346 g/mol. The van der Waals surface area contributed by atoms with E-state index in [9.17, 15) is 0 Å². The highest BCUT2D eigenvalue weighted by molar-refractivity contribution is 7.73. The third-order valence-electron chi connectivity index (χ3n) is 4.33. The molecule has 0 radical (unpaired) electrons. The Labute approximate surface area is 143 Å². The topological polar surface area (TPSA) is 51.2 Å². The molecule has 0 atom stereocenters. The van der Waals surface area contributed by atoms with Gasteiger partial charge in [-0.3, -0.25) is 9.30 Å². The Hall–Kier alpha value is -1.64. The number of rotatable bonds is 3. The molecule has 0 bridgehead atoms. The van der Waals surface area contributed by atoms with Crippen molar-refractivity contribution in [3.63, 3.8) is 0 Å². The van der Waals surface area contributed by atoms with E-state index in [0.717, 1.165) is 53.0 Å². The Kier molecular flexibility index (Phi) is 3.96. The summed E-state index contributed by atoms with van der Waals surface area (Å²) in [4.78, 5) is 2.41. The van der Waals surface area contributed by atoms with Crippen LogP contribution in [0.2, 0.25) is 0 Å². The summed E-state index contributed by atoms with van der Waals surface area (Å²) >= 11 is 6.93. The van der Waals surface area contributed by atoms with Crippen LogP contribution in [-0.4, -0.2) is 42.4 Å². The van der Waals surface area contributed by atoms with Crippen molar-refractivity contribution in [3.8, 4) is 0 Å². The van der Waals surface area contributed by atoms with Crippen LogP contribution >= 0.6 is 23.6 Å². The summed E-state index contributed by atoms with van der Waals surface area (Å²) in [5, 5.41) is 14.2. The number of hydrogen-bond acceptors (Lipinski definition) is 6. The normalized spacial score (nSPS) is 17.1. The van der Waals surface area contributed by atoms with Crippen LogP contribution in [0.15, 0.2) is 24.4 Å². The first-order chi connectivity index (χ1) is 11.2. The van der Waals surface area contributed by atoms with Gasteiger partial charge >= 0.3 is 0 Å². The molecule has 0 amide bonds. The van der Waals surface area contributed by atoms with Crippen LogP contribution in [0.4, 0.5) is 0 Å². The van der Waals surface area contributed by atoms with Gasteiger partial charge in [-0.15, -0.1) is 10.2 Å². The lowest BCUT2D eigenvalue weighted by Gasteiger charge is -2.30. The number of aromatic nitrogens is 5. The van der Waals surface area contributed by atoms with Crippen molar-refractivity contribution < 1.29 is 0 Å². The molecule has 1 fully saturated rings. The zero-order chi connectivity index (χ0) is 15.8. The van der Waals surface area contributed by atoms with Gasteiger partial charge in [-0.05, 0) is 44.1 Å². The van der Waals surface area contributed by atoms with Crippen molar-refractivity contribution in [1.82, 2.24) is 29.3 Å². The van der Waals surface area contributed by atoms with Gasteiger partial charge in [-0.1, -0.05) is 17.4 Å². The zero-order valence-electron chi connectivity index (χ0n) is 12.9. The molecule has 0 unspecified atom stereocenters. The second-order valence-electron chi connectivity index (χ2n) is 5.91. The third-order valence-corrected chi connectivity index (χ3v) is 5.56. The van der Waals surface area contributed by atoms with E-state index >= 15 is 0 Å². The van der Waals surface area contributed by atoms with E-state index in [-0.39, 0.29) is 0 Å². The minimum Gasteiger partial charge on any atom is -0.286 e. The summed E-state index contributed by atoms with van der Waals surface area (Å²) < 4.78 is 4.90. The summed E-state index contributed by atoms with van der Waals surface area (Å²) in [6, 6.07) is 6.02. The highest BCUT2D eigenvalue weighted by Gasteiger charge is 2.24. The molecule has 6 nitrogen and oxygen atoms in total. The molecule has 8 heteroatoms. The maximum Gasteiger partial charge on any atom is 0.180 e. The number of pyridine rings is 1. The van der Waals surface area contributed by atoms with Crippen LogP contribution in [0.1, 0.15) is 29.6 Å². The standard InChI is InChI=1S/C15H18N6S2/c1-11-18-21(15(22)23-11)10-19-8-5-12(6-9-19)14-17-16-13-4-2-3-7-20(13)14/h2-4,7,12H,5-6,8-10H2,1H3. The van der Waals surface area contributed by atoms with Crippen LogP contribution in [0, 0.1) is 10.9 Å². The Bertz CT molecular complexity index is 871. The molecular formula is C15H18N6S2. The lowest BCUT2D eigenvalue weighted by molar-refractivity contribution is 0.158. The van der Waals surface area contributed by atoms with E-state index in [0.29, 0.717) is 5.92 Å². The fourth-order valence-electron chi connectivity index (χ4n) is 3.16. The number of aryl methyl sites for hydroxylation is 1. The fourth-order valence-corrected chi connectivity index (χ4v) is 4.22. The van der Waals surface area contributed by atoms with Crippen molar-refractivity contribution in [1.29, 1.82) is 0 Å². The van der Waals surface area contributed by atoms with Crippen LogP contribution in [0.3, 0.4) is 0 Å². The Morgan fingerprint density at radius 3 is 2.83 bits per heavy atom. The molecular weight excluding hydrogens is 328 g/mol. The molecule has 120 valence electrons. The number of nitrogens with zero attached hydrogens (tertiary/aromatic N) is 6. The first-order valence-corrected chi connectivity index (χ1v) is 9.00. The first kappa shape index (κ1) is 14.9. The van der Waals surface area contributed by atoms with Crippen LogP contribution in [-0.2, 0) is 6.67 Å². The van der Waals surface area contributed by atoms with Gasteiger partial charge in [0.2, 0.25) is 0 Å². The van der Waals surface area contributed by atoms with Gasteiger partial charge in [0.15, 0.2) is 9.60 Å². The molecule has 3 aromatic heterocycles. The molecule has 23 heavy (non-hydrogen) atoms. The predicted octanol–water partition coefficient (Wildman–Crippen LogP) is 2.86. The molecule has 0 N–H and O–H groups in total. The molecule has 0 aliphatic carbocycles. The summed E-state index contributed by atoms with van der Waals surface area (Å²) in [7, 11) is 0. The SMILES string of the molecule is Cc1nn(CN2CCC(c3nnc4ccccn34)CC2)c(=S)s1. The summed E-state index contributed by atoms with van der Waals surface area (Å²) in [5.41, 5.74) is 0.925. The molecule has 0 spiro atoms. The molecule has 1 aliphatic heterocycles. The van der Waals surface area contributed by atoms with E-state index in [4.69, 9.17) is 12.2 Å². The largest absolute Gasteiger partial charge is 0.286 e. The second-order valence-corrected chi connectivity index (χ2v) is 7.73. The van der Waals surface area contributed by atoms with E-state index < -0.39 is 0 Å². The van der Waals surface area contributed by atoms with E-state index in [2.05, 4.69) is 30.8 Å². The minimum absolute atomic E-state index is 0.466. The summed E-state index contributed by atoms with van der Waals surface area (Å²) in [5.74, 6) is 1.55. The number of hydrogen-bond donors (Lipinski definition) is 0. The van der Waals surface area contributed by atoms with Crippen LogP contribution in [0.5, 0.6) is 0 Å². The maximum absolute atomic E-state index is 5.35. The van der Waals surface area contributed by atoms with E-state index in [1.807, 2.05) is 29.8 Å². The van der Waals surface area contributed by atoms with Crippen LogP contribution < -0.4 is 0 Å². The van der Waals surface area contributed by atoms with Crippen molar-refractivity contribution >= 4 is 29.2 Å². The number of fused-ring (bicyclic) bond motifs is 1. The molecule has 3 aromatic rings. The van der Waals surface area contributed by atoms with Crippen molar-refractivity contribution in [2.75, 3.05) is 13.1 Å². The molecule has 0 saturated carbocycles. The van der Waals surface area contributed by atoms with Crippen LogP contribution in [0.25, 0.3) is 5.65 Å². The number of piperidine rings is 1. The smallest absolute Gasteiger partial charge is 0.180 e. The predicted molar refractivity (Wildman–Crippen MR) is 92.2 cm³/mol. The lowest BCUT2D eigenvalue weighted by Crippen LogP contribution is -2.35. The highest BCUT2D eigenvalue weighted by Crippen LogP contribution is 2.27. The molecule has 4 rings (SSSR count). The van der Waals surface area contributed by atoms with Gasteiger partial charge in [0, 0.05) is 25.2 Å². The van der Waals surface area contributed by atoms with E-state index in [1.165, 1.54) is 0 Å². The molecule has 4 heterocycles. The van der Waals surface area contributed by atoms with Crippen molar-refractivity contribution in [3.05, 3.63) is 39.2 Å². The average Bonchev–Trinajstić information content (AvgIpc) is 3.12. The fraction of sp³-hybridized carbons (Fsp3) is 0.467.